The Morgan fingerprint density at radius 2 is 2.12 bits per heavy atom. The number of carboxylic acids is 1. The highest BCUT2D eigenvalue weighted by molar-refractivity contribution is 5.91. The fraction of sp³-hybridized carbons (Fsp3) is 0.231. The van der Waals surface area contributed by atoms with Crippen molar-refractivity contribution in [1.29, 1.82) is 0 Å². The van der Waals surface area contributed by atoms with Gasteiger partial charge < -0.3 is 9.84 Å². The second kappa shape index (κ2) is 5.84. The molecular weight excluding hydrogens is 220 g/mol. The monoisotopic (exact) mass is 234 g/mol. The normalized spacial score (nSPS) is 10.5. The number of carbonyl (C=O) groups is 2. The van der Waals surface area contributed by atoms with Gasteiger partial charge in [0.25, 0.3) is 0 Å². The summed E-state index contributed by atoms with van der Waals surface area (Å²) in [5.74, 6) is -0.441. The molecule has 0 radical (unpaired) electrons. The largest absolute Gasteiger partial charge is 0.496 e. The molecule has 0 unspecified atom stereocenters. The minimum Gasteiger partial charge on any atom is -0.496 e. The maximum atomic E-state index is 10.8. The minimum atomic E-state index is -0.920. The summed E-state index contributed by atoms with van der Waals surface area (Å²) in [6.07, 6.45) is 2.98. The molecule has 4 nitrogen and oxygen atoms in total. The number of carbonyl (C=O) groups excluding carboxylic acids is 1. The lowest BCUT2D eigenvalue weighted by atomic mass is 10.1. The van der Waals surface area contributed by atoms with Gasteiger partial charge in [0.05, 0.1) is 13.5 Å². The maximum absolute atomic E-state index is 10.8. The maximum Gasteiger partial charge on any atom is 0.307 e. The summed E-state index contributed by atoms with van der Waals surface area (Å²) in [7, 11) is 1.49. The van der Waals surface area contributed by atoms with Crippen LogP contribution in [0.4, 0.5) is 0 Å². The summed E-state index contributed by atoms with van der Waals surface area (Å²) in [5, 5.41) is 8.77. The van der Waals surface area contributed by atoms with E-state index in [1.807, 2.05) is 0 Å². The average molecular weight is 234 g/mol. The third-order valence-electron chi connectivity index (χ3n) is 2.16. The Morgan fingerprint density at radius 1 is 1.41 bits per heavy atom. The van der Waals surface area contributed by atoms with Crippen LogP contribution in [0.1, 0.15) is 18.1 Å². The lowest BCUT2D eigenvalue weighted by molar-refractivity contribution is -0.136. The predicted octanol–water partition coefficient (Wildman–Crippen LogP) is 1.92. The third kappa shape index (κ3) is 4.10. The fourth-order valence-electron chi connectivity index (χ4n) is 1.42. The van der Waals surface area contributed by atoms with Crippen LogP contribution >= 0.6 is 0 Å². The summed E-state index contributed by atoms with van der Waals surface area (Å²) in [6, 6.07) is 5.16. The first kappa shape index (κ1) is 13.0. The Hall–Kier alpha value is -2.10. The van der Waals surface area contributed by atoms with Crippen molar-refractivity contribution in [2.75, 3.05) is 7.11 Å². The van der Waals surface area contributed by atoms with Gasteiger partial charge in [-0.3, -0.25) is 9.59 Å². The molecule has 0 saturated heterocycles. The molecule has 0 aromatic heterocycles. The summed E-state index contributed by atoms with van der Waals surface area (Å²) in [6.45, 7) is 1.46. The summed E-state index contributed by atoms with van der Waals surface area (Å²) < 4.78 is 5.07. The zero-order chi connectivity index (χ0) is 12.8. The van der Waals surface area contributed by atoms with E-state index < -0.39 is 5.97 Å². The van der Waals surface area contributed by atoms with Gasteiger partial charge in [0.1, 0.15) is 5.75 Å². The molecule has 0 aliphatic carbocycles. The molecule has 0 spiro atoms. The number of carboxylic acid groups (broad SMARTS) is 1. The summed E-state index contributed by atoms with van der Waals surface area (Å²) >= 11 is 0. The molecular formula is C13H14O4. The number of benzene rings is 1. The van der Waals surface area contributed by atoms with E-state index in [2.05, 4.69) is 0 Å². The number of aliphatic carboxylic acids is 1. The second-order valence-electron chi connectivity index (χ2n) is 3.59. The van der Waals surface area contributed by atoms with E-state index in [1.165, 1.54) is 20.1 Å². The zero-order valence-corrected chi connectivity index (χ0v) is 9.77. The van der Waals surface area contributed by atoms with E-state index in [1.54, 1.807) is 24.3 Å². The number of rotatable bonds is 5. The van der Waals surface area contributed by atoms with Gasteiger partial charge in [0.2, 0.25) is 0 Å². The first-order valence-corrected chi connectivity index (χ1v) is 5.10. The lowest BCUT2D eigenvalue weighted by Crippen LogP contribution is -2.02. The number of ether oxygens (including phenoxy) is 1. The highest BCUT2D eigenvalue weighted by Crippen LogP contribution is 2.21. The third-order valence-corrected chi connectivity index (χ3v) is 2.16. The van der Waals surface area contributed by atoms with Gasteiger partial charge >= 0.3 is 5.97 Å². The molecule has 0 amide bonds. The Morgan fingerprint density at radius 3 is 2.65 bits per heavy atom. The predicted molar refractivity (Wildman–Crippen MR) is 64.0 cm³/mol. The molecule has 0 saturated carbocycles. The van der Waals surface area contributed by atoms with Gasteiger partial charge in [-0.05, 0) is 30.7 Å². The van der Waals surface area contributed by atoms with Crippen molar-refractivity contribution in [3.05, 3.63) is 35.4 Å². The van der Waals surface area contributed by atoms with Crippen molar-refractivity contribution in [2.45, 2.75) is 13.3 Å². The quantitative estimate of drug-likeness (QED) is 0.790. The molecule has 0 atom stereocenters. The smallest absolute Gasteiger partial charge is 0.307 e. The molecule has 1 aromatic carbocycles. The van der Waals surface area contributed by atoms with Crippen LogP contribution in [0.5, 0.6) is 5.75 Å². The highest BCUT2D eigenvalue weighted by Gasteiger charge is 2.07. The van der Waals surface area contributed by atoms with E-state index in [-0.39, 0.29) is 12.2 Å². The summed E-state index contributed by atoms with van der Waals surface area (Å²) in [5.41, 5.74) is 1.36. The van der Waals surface area contributed by atoms with Crippen LogP contribution in [0.2, 0.25) is 0 Å². The molecule has 17 heavy (non-hydrogen) atoms. The van der Waals surface area contributed by atoms with Crippen molar-refractivity contribution >= 4 is 17.8 Å². The zero-order valence-electron chi connectivity index (χ0n) is 9.77. The Labute approximate surface area is 99.5 Å². The van der Waals surface area contributed by atoms with Crippen LogP contribution in [-0.4, -0.2) is 24.0 Å². The average Bonchev–Trinajstić information content (AvgIpc) is 2.25. The minimum absolute atomic E-state index is 0.0550. The number of allylic oxidation sites excluding steroid dienone is 1. The van der Waals surface area contributed by atoms with Crippen molar-refractivity contribution < 1.29 is 19.4 Å². The molecule has 0 bridgehead atoms. The Kier molecular flexibility index (Phi) is 4.46. The molecule has 1 rings (SSSR count). The number of ketones is 1. The number of hydrogen-bond donors (Lipinski definition) is 1. The van der Waals surface area contributed by atoms with Crippen molar-refractivity contribution in [2.24, 2.45) is 0 Å². The van der Waals surface area contributed by atoms with Crippen LogP contribution in [0.15, 0.2) is 24.3 Å². The van der Waals surface area contributed by atoms with E-state index in [0.29, 0.717) is 11.3 Å². The van der Waals surface area contributed by atoms with Gasteiger partial charge in [-0.2, -0.15) is 0 Å². The van der Waals surface area contributed by atoms with Crippen molar-refractivity contribution in [3.8, 4) is 5.75 Å². The highest BCUT2D eigenvalue weighted by atomic mass is 16.5. The van der Waals surface area contributed by atoms with Gasteiger partial charge in [0, 0.05) is 5.56 Å². The van der Waals surface area contributed by atoms with Gasteiger partial charge in [-0.15, -0.1) is 0 Å². The molecule has 1 N–H and O–H groups in total. The SMILES string of the molecule is COc1ccc(/C=C/C(C)=O)cc1CC(=O)O. The van der Waals surface area contributed by atoms with E-state index in [4.69, 9.17) is 9.84 Å². The first-order valence-electron chi connectivity index (χ1n) is 5.10. The molecule has 4 heteroatoms. The molecule has 0 aliphatic heterocycles. The number of methoxy groups -OCH3 is 1. The Balaban J connectivity index is 3.03. The second-order valence-corrected chi connectivity index (χ2v) is 3.59. The van der Waals surface area contributed by atoms with E-state index >= 15 is 0 Å². The Bertz CT molecular complexity index is 460. The first-order chi connectivity index (χ1) is 8.02. The van der Waals surface area contributed by atoms with Crippen LogP contribution in [0, 0.1) is 0 Å². The number of hydrogen-bond acceptors (Lipinski definition) is 3. The van der Waals surface area contributed by atoms with Gasteiger partial charge in [0.15, 0.2) is 5.78 Å². The summed E-state index contributed by atoms with van der Waals surface area (Å²) in [4.78, 5) is 21.5. The van der Waals surface area contributed by atoms with Crippen molar-refractivity contribution in [3.63, 3.8) is 0 Å². The van der Waals surface area contributed by atoms with Crippen LogP contribution in [0.25, 0.3) is 6.08 Å². The topological polar surface area (TPSA) is 63.6 Å². The van der Waals surface area contributed by atoms with E-state index in [0.717, 1.165) is 5.56 Å². The molecule has 0 aliphatic rings. The van der Waals surface area contributed by atoms with Crippen LogP contribution in [0.3, 0.4) is 0 Å². The standard InChI is InChI=1S/C13H14O4/c1-9(14)3-4-10-5-6-12(17-2)11(7-10)8-13(15)16/h3-7H,8H2,1-2H3,(H,15,16)/b4-3+. The van der Waals surface area contributed by atoms with Gasteiger partial charge in [-0.1, -0.05) is 12.1 Å². The van der Waals surface area contributed by atoms with Crippen LogP contribution < -0.4 is 4.74 Å². The lowest BCUT2D eigenvalue weighted by Gasteiger charge is -2.07. The molecule has 0 fully saturated rings. The molecule has 1 aromatic rings. The van der Waals surface area contributed by atoms with E-state index in [9.17, 15) is 9.59 Å². The molecule has 90 valence electrons. The fourth-order valence-corrected chi connectivity index (χ4v) is 1.42. The van der Waals surface area contributed by atoms with Crippen molar-refractivity contribution in [1.82, 2.24) is 0 Å². The van der Waals surface area contributed by atoms with Gasteiger partial charge in [-0.25, -0.2) is 0 Å². The van der Waals surface area contributed by atoms with Crippen LogP contribution in [-0.2, 0) is 16.0 Å². The molecule has 0 heterocycles.